The van der Waals surface area contributed by atoms with E-state index in [1.54, 1.807) is 6.08 Å². The number of amides is 1. The van der Waals surface area contributed by atoms with Gasteiger partial charge in [-0.3, -0.25) is 9.59 Å². The van der Waals surface area contributed by atoms with Crippen molar-refractivity contribution in [1.82, 2.24) is 5.32 Å². The van der Waals surface area contributed by atoms with Crippen molar-refractivity contribution in [3.05, 3.63) is 71.8 Å². The molecule has 1 heterocycles. The SMILES string of the molecule is CC1=C[C@@H]2C=CC[C@H](C)CCCCC=CC(=O)[C@@]23C(=O)N[C@H](Cc2ccccc2)[C@@H]3[C@H]1C. The van der Waals surface area contributed by atoms with Crippen LogP contribution in [0.4, 0.5) is 0 Å². The second-order valence-electron chi connectivity index (χ2n) is 10.2. The maximum absolute atomic E-state index is 13.9. The van der Waals surface area contributed by atoms with Gasteiger partial charge < -0.3 is 5.32 Å². The quantitative estimate of drug-likeness (QED) is 0.473. The lowest BCUT2D eigenvalue weighted by molar-refractivity contribution is -0.142. The number of ketones is 1. The average molecular weight is 432 g/mol. The minimum absolute atomic E-state index is 0.0203. The summed E-state index contributed by atoms with van der Waals surface area (Å²) in [4.78, 5) is 27.6. The first-order chi connectivity index (χ1) is 15.4. The number of carbonyl (C=O) groups is 2. The number of allylic oxidation sites excluding steroid dienone is 6. The van der Waals surface area contributed by atoms with Crippen LogP contribution in [0.25, 0.3) is 0 Å². The molecule has 3 aliphatic rings. The largest absolute Gasteiger partial charge is 0.352 e. The second-order valence-corrected chi connectivity index (χ2v) is 10.2. The van der Waals surface area contributed by atoms with E-state index in [2.05, 4.69) is 56.4 Å². The molecule has 1 spiro atoms. The summed E-state index contributed by atoms with van der Waals surface area (Å²) in [5.74, 6) is 0.414. The molecule has 0 saturated carbocycles. The smallest absolute Gasteiger partial charge is 0.235 e. The maximum Gasteiger partial charge on any atom is 0.235 e. The Hall–Kier alpha value is -2.42. The van der Waals surface area contributed by atoms with Crippen LogP contribution in [0.5, 0.6) is 0 Å². The van der Waals surface area contributed by atoms with Gasteiger partial charge in [-0.25, -0.2) is 0 Å². The minimum atomic E-state index is -1.05. The van der Waals surface area contributed by atoms with E-state index in [9.17, 15) is 9.59 Å². The van der Waals surface area contributed by atoms with Crippen molar-refractivity contribution in [1.29, 1.82) is 0 Å². The average Bonchev–Trinajstić information content (AvgIpc) is 3.07. The van der Waals surface area contributed by atoms with Crippen molar-refractivity contribution in [3.8, 4) is 0 Å². The van der Waals surface area contributed by atoms with Crippen molar-refractivity contribution < 1.29 is 9.59 Å². The number of nitrogens with one attached hydrogen (secondary N) is 1. The van der Waals surface area contributed by atoms with E-state index in [4.69, 9.17) is 0 Å². The Balaban J connectivity index is 1.79. The van der Waals surface area contributed by atoms with E-state index in [-0.39, 0.29) is 35.5 Å². The normalized spacial score (nSPS) is 35.6. The Kier molecular flexibility index (Phi) is 6.83. The molecule has 3 nitrogen and oxygen atoms in total. The molecule has 1 fully saturated rings. The summed E-state index contributed by atoms with van der Waals surface area (Å²) in [6.45, 7) is 6.65. The lowest BCUT2D eigenvalue weighted by Gasteiger charge is -2.44. The van der Waals surface area contributed by atoms with Gasteiger partial charge in [-0.2, -0.15) is 0 Å². The second kappa shape index (κ2) is 9.60. The predicted octanol–water partition coefficient (Wildman–Crippen LogP) is 5.82. The zero-order valence-electron chi connectivity index (χ0n) is 19.7. The van der Waals surface area contributed by atoms with Crippen molar-refractivity contribution >= 4 is 11.7 Å². The minimum Gasteiger partial charge on any atom is -0.352 e. The highest BCUT2D eigenvalue weighted by Gasteiger charge is 2.64. The Bertz CT molecular complexity index is 928. The molecule has 6 atom stereocenters. The molecule has 2 aliphatic carbocycles. The highest BCUT2D eigenvalue weighted by molar-refractivity contribution is 6.13. The van der Waals surface area contributed by atoms with Crippen LogP contribution in [-0.4, -0.2) is 17.7 Å². The predicted molar refractivity (Wildman–Crippen MR) is 130 cm³/mol. The molecule has 1 N–H and O–H groups in total. The van der Waals surface area contributed by atoms with Crippen LogP contribution in [0.1, 0.15) is 58.4 Å². The van der Waals surface area contributed by atoms with Gasteiger partial charge in [0.05, 0.1) is 0 Å². The molecule has 0 aromatic heterocycles. The third-order valence-corrected chi connectivity index (χ3v) is 8.05. The summed E-state index contributed by atoms with van der Waals surface area (Å²) >= 11 is 0. The third-order valence-electron chi connectivity index (χ3n) is 8.05. The fraction of sp³-hybridized carbons (Fsp3) is 0.517. The molecule has 1 aliphatic heterocycles. The zero-order chi connectivity index (χ0) is 22.7. The van der Waals surface area contributed by atoms with Crippen LogP contribution in [-0.2, 0) is 16.0 Å². The van der Waals surface area contributed by atoms with E-state index in [0.29, 0.717) is 5.92 Å². The Labute approximate surface area is 193 Å². The molecule has 4 rings (SSSR count). The van der Waals surface area contributed by atoms with Gasteiger partial charge in [0.15, 0.2) is 5.78 Å². The topological polar surface area (TPSA) is 46.2 Å². The summed E-state index contributed by atoms with van der Waals surface area (Å²) in [7, 11) is 0. The first-order valence-corrected chi connectivity index (χ1v) is 12.4. The molecule has 0 bridgehead atoms. The Morgan fingerprint density at radius 3 is 2.62 bits per heavy atom. The van der Waals surface area contributed by atoms with Gasteiger partial charge >= 0.3 is 0 Å². The van der Waals surface area contributed by atoms with Gasteiger partial charge in [0.2, 0.25) is 5.91 Å². The van der Waals surface area contributed by atoms with Gasteiger partial charge in [-0.1, -0.05) is 86.9 Å². The van der Waals surface area contributed by atoms with E-state index >= 15 is 0 Å². The Morgan fingerprint density at radius 1 is 1.06 bits per heavy atom. The fourth-order valence-corrected chi connectivity index (χ4v) is 6.16. The molecule has 3 heteroatoms. The highest BCUT2D eigenvalue weighted by Crippen LogP contribution is 2.54. The number of hydrogen-bond acceptors (Lipinski definition) is 2. The van der Waals surface area contributed by atoms with Crippen LogP contribution in [0.2, 0.25) is 0 Å². The molecular formula is C29H37NO2. The van der Waals surface area contributed by atoms with Gasteiger partial charge in [0.25, 0.3) is 0 Å². The molecule has 1 aromatic carbocycles. The van der Waals surface area contributed by atoms with Crippen LogP contribution in [0.3, 0.4) is 0 Å². The number of rotatable bonds is 2. The summed E-state index contributed by atoms with van der Waals surface area (Å²) < 4.78 is 0. The zero-order valence-corrected chi connectivity index (χ0v) is 19.7. The van der Waals surface area contributed by atoms with Crippen molar-refractivity contribution in [2.24, 2.45) is 29.1 Å². The van der Waals surface area contributed by atoms with Crippen molar-refractivity contribution in [3.63, 3.8) is 0 Å². The number of carbonyl (C=O) groups excluding carboxylic acids is 2. The summed E-state index contributed by atoms with van der Waals surface area (Å²) in [5.41, 5.74) is 1.43. The van der Waals surface area contributed by atoms with E-state index < -0.39 is 5.41 Å². The number of benzene rings is 1. The molecule has 1 amide bonds. The van der Waals surface area contributed by atoms with Crippen LogP contribution < -0.4 is 5.32 Å². The summed E-state index contributed by atoms with van der Waals surface area (Å²) in [6, 6.07) is 10.3. The van der Waals surface area contributed by atoms with Crippen molar-refractivity contribution in [2.45, 2.75) is 65.3 Å². The lowest BCUT2D eigenvalue weighted by atomic mass is 9.55. The Morgan fingerprint density at radius 2 is 1.84 bits per heavy atom. The molecule has 1 aromatic rings. The van der Waals surface area contributed by atoms with Crippen molar-refractivity contribution in [2.75, 3.05) is 0 Å². The monoisotopic (exact) mass is 431 g/mol. The van der Waals surface area contributed by atoms with Gasteiger partial charge in [0.1, 0.15) is 5.41 Å². The maximum atomic E-state index is 13.9. The van der Waals surface area contributed by atoms with Gasteiger partial charge in [-0.15, -0.1) is 0 Å². The van der Waals surface area contributed by atoms with Crippen LogP contribution in [0.15, 0.2) is 66.3 Å². The van der Waals surface area contributed by atoms with Gasteiger partial charge in [0, 0.05) is 17.9 Å². The first-order valence-electron chi connectivity index (χ1n) is 12.4. The standard InChI is InChI=1S/C29H37NO2/c1-20-12-7-4-5-10-17-26(31)29-24(16-11-13-20)18-21(2)22(3)27(29)25(30-28(29)32)19-23-14-8-6-9-15-23/h6,8-11,14-18,20,22,24-25,27H,4-5,7,12-13,19H2,1-3H3,(H,30,32)/t20-,22+,24+,25-,27+,29+/m1/s1. The number of hydrogen-bond donors (Lipinski definition) is 1. The molecule has 32 heavy (non-hydrogen) atoms. The molecule has 170 valence electrons. The van der Waals surface area contributed by atoms with E-state index in [1.807, 2.05) is 24.3 Å². The fourth-order valence-electron chi connectivity index (χ4n) is 6.16. The van der Waals surface area contributed by atoms with Crippen LogP contribution in [0, 0.1) is 29.1 Å². The van der Waals surface area contributed by atoms with E-state index in [1.165, 1.54) is 24.0 Å². The third kappa shape index (κ3) is 4.14. The first kappa shape index (κ1) is 22.8. The van der Waals surface area contributed by atoms with Crippen LogP contribution >= 0.6 is 0 Å². The summed E-state index contributed by atoms with van der Waals surface area (Å²) in [6.07, 6.45) is 16.4. The molecule has 1 saturated heterocycles. The summed E-state index contributed by atoms with van der Waals surface area (Å²) in [5, 5.41) is 3.29. The van der Waals surface area contributed by atoms with Gasteiger partial charge in [-0.05, 0) is 56.1 Å². The lowest BCUT2D eigenvalue weighted by Crippen LogP contribution is -2.51. The molecule has 0 radical (unpaired) electrons. The molecule has 0 unspecified atom stereocenters. The molecular weight excluding hydrogens is 394 g/mol. The van der Waals surface area contributed by atoms with E-state index in [0.717, 1.165) is 25.7 Å². The highest BCUT2D eigenvalue weighted by atomic mass is 16.2.